The summed E-state index contributed by atoms with van der Waals surface area (Å²) in [6.45, 7) is 3.54. The molecule has 114 valence electrons. The number of rotatable bonds is 4. The van der Waals surface area contributed by atoms with Crippen LogP contribution in [0.25, 0.3) is 11.3 Å². The minimum absolute atomic E-state index is 0.0601. The Bertz CT molecular complexity index is 767. The third-order valence-corrected chi connectivity index (χ3v) is 3.31. The zero-order valence-corrected chi connectivity index (χ0v) is 12.8. The lowest BCUT2D eigenvalue weighted by atomic mass is 10.00. The maximum absolute atomic E-state index is 10.9. The van der Waals surface area contributed by atoms with Crippen molar-refractivity contribution in [2.75, 3.05) is 0 Å². The second-order valence-corrected chi connectivity index (χ2v) is 5.02. The van der Waals surface area contributed by atoms with Gasteiger partial charge in [0.05, 0.1) is 11.1 Å². The van der Waals surface area contributed by atoms with Gasteiger partial charge in [-0.05, 0) is 49.8 Å². The van der Waals surface area contributed by atoms with Crippen molar-refractivity contribution in [2.24, 2.45) is 10.8 Å². The number of nitro benzene ring substituents is 1. The van der Waals surface area contributed by atoms with Gasteiger partial charge in [0.15, 0.2) is 5.11 Å². The maximum Gasteiger partial charge on any atom is 0.272 e. The van der Waals surface area contributed by atoms with Crippen molar-refractivity contribution in [1.29, 1.82) is 0 Å². The number of nitrogens with zero attached hydrogens (tertiary/aromatic N) is 2. The van der Waals surface area contributed by atoms with Crippen LogP contribution in [-0.2, 0) is 0 Å². The molecule has 0 atom stereocenters. The number of hydrogen-bond acceptors (Lipinski definition) is 5. The fourth-order valence-electron chi connectivity index (χ4n) is 2.00. The van der Waals surface area contributed by atoms with Gasteiger partial charge in [-0.2, -0.15) is 5.10 Å². The highest BCUT2D eigenvalue weighted by Crippen LogP contribution is 2.31. The minimum Gasteiger partial charge on any atom is -0.455 e. The fraction of sp³-hybridized carbons (Fsp3) is 0.143. The molecule has 0 unspecified atom stereocenters. The SMILES string of the molecule is Cc1c(-c2ccc(/C=N\NC(N)=S)o2)ccc([N+](=O)[O-])c1C. The molecule has 22 heavy (non-hydrogen) atoms. The topological polar surface area (TPSA) is 107 Å². The molecule has 1 heterocycles. The molecule has 3 N–H and O–H groups in total. The van der Waals surface area contributed by atoms with Crippen molar-refractivity contribution in [3.63, 3.8) is 0 Å². The van der Waals surface area contributed by atoms with Crippen LogP contribution < -0.4 is 11.2 Å². The quantitative estimate of drug-likeness (QED) is 0.388. The average Bonchev–Trinajstić information content (AvgIpc) is 2.89. The van der Waals surface area contributed by atoms with Crippen LogP contribution in [0.2, 0.25) is 0 Å². The van der Waals surface area contributed by atoms with E-state index in [-0.39, 0.29) is 10.8 Å². The molecule has 0 aliphatic rings. The summed E-state index contributed by atoms with van der Waals surface area (Å²) in [5.74, 6) is 1.11. The normalized spacial score (nSPS) is 10.8. The van der Waals surface area contributed by atoms with Gasteiger partial charge in [0, 0.05) is 17.2 Å². The Balaban J connectivity index is 2.32. The summed E-state index contributed by atoms with van der Waals surface area (Å²) in [7, 11) is 0. The first-order valence-electron chi connectivity index (χ1n) is 6.33. The zero-order valence-electron chi connectivity index (χ0n) is 12.0. The first kappa shape index (κ1) is 15.6. The molecule has 0 saturated carbocycles. The largest absolute Gasteiger partial charge is 0.455 e. The van der Waals surface area contributed by atoms with Crippen LogP contribution in [0.15, 0.2) is 33.8 Å². The van der Waals surface area contributed by atoms with Gasteiger partial charge >= 0.3 is 0 Å². The van der Waals surface area contributed by atoms with E-state index in [0.29, 0.717) is 17.1 Å². The molecule has 1 aromatic carbocycles. The second-order valence-electron chi connectivity index (χ2n) is 4.58. The third kappa shape index (κ3) is 3.29. The van der Waals surface area contributed by atoms with Gasteiger partial charge in [-0.15, -0.1) is 0 Å². The molecule has 0 amide bonds. The molecule has 1 aromatic heterocycles. The summed E-state index contributed by atoms with van der Waals surface area (Å²) < 4.78 is 5.64. The molecule has 2 aromatic rings. The number of benzene rings is 1. The number of nitrogens with one attached hydrogen (secondary N) is 1. The Morgan fingerprint density at radius 2 is 2.09 bits per heavy atom. The number of thiocarbonyl (C=S) groups is 1. The molecule has 0 aliphatic carbocycles. The molecule has 0 aliphatic heterocycles. The van der Waals surface area contributed by atoms with Crippen molar-refractivity contribution >= 4 is 29.2 Å². The Kier molecular flexibility index (Phi) is 4.52. The van der Waals surface area contributed by atoms with Crippen molar-refractivity contribution in [3.05, 3.63) is 51.3 Å². The number of hydrogen-bond donors (Lipinski definition) is 2. The monoisotopic (exact) mass is 318 g/mol. The smallest absolute Gasteiger partial charge is 0.272 e. The van der Waals surface area contributed by atoms with Gasteiger partial charge in [-0.25, -0.2) is 0 Å². The summed E-state index contributed by atoms with van der Waals surface area (Å²) in [5, 5.41) is 14.8. The molecule has 8 heteroatoms. The van der Waals surface area contributed by atoms with Crippen molar-refractivity contribution < 1.29 is 9.34 Å². The van der Waals surface area contributed by atoms with Crippen molar-refractivity contribution in [1.82, 2.24) is 5.43 Å². The van der Waals surface area contributed by atoms with Gasteiger partial charge in [0.25, 0.3) is 5.69 Å². The van der Waals surface area contributed by atoms with Gasteiger partial charge in [-0.1, -0.05) is 0 Å². The first-order valence-corrected chi connectivity index (χ1v) is 6.74. The number of nitrogens with two attached hydrogens (primary N) is 1. The summed E-state index contributed by atoms with van der Waals surface area (Å²) in [5.41, 5.74) is 9.98. The fourth-order valence-corrected chi connectivity index (χ4v) is 2.05. The van der Waals surface area contributed by atoms with Crippen LogP contribution in [-0.4, -0.2) is 16.3 Å². The van der Waals surface area contributed by atoms with Crippen LogP contribution in [0.1, 0.15) is 16.9 Å². The lowest BCUT2D eigenvalue weighted by molar-refractivity contribution is -0.385. The predicted molar refractivity (Wildman–Crippen MR) is 87.8 cm³/mol. The van der Waals surface area contributed by atoms with E-state index in [4.69, 9.17) is 10.2 Å². The maximum atomic E-state index is 10.9. The molecule has 0 radical (unpaired) electrons. The molecule has 0 spiro atoms. The molecular weight excluding hydrogens is 304 g/mol. The highest BCUT2D eigenvalue weighted by molar-refractivity contribution is 7.80. The minimum atomic E-state index is -0.395. The van der Waals surface area contributed by atoms with E-state index in [1.54, 1.807) is 25.1 Å². The standard InChI is InChI=1S/C14H14N4O3S/c1-8-9(2)12(18(19)20)5-4-11(8)13-6-3-10(21-13)7-16-17-14(15)22/h3-7H,1-2H3,(H3,15,17,22)/b16-7-. The summed E-state index contributed by atoms with van der Waals surface area (Å²) >= 11 is 4.62. The highest BCUT2D eigenvalue weighted by Gasteiger charge is 2.16. The van der Waals surface area contributed by atoms with Crippen molar-refractivity contribution in [2.45, 2.75) is 13.8 Å². The van der Waals surface area contributed by atoms with E-state index in [9.17, 15) is 10.1 Å². The zero-order chi connectivity index (χ0) is 16.3. The van der Waals surface area contributed by atoms with Crippen molar-refractivity contribution in [3.8, 4) is 11.3 Å². The molecule has 0 saturated heterocycles. The van der Waals surface area contributed by atoms with E-state index in [0.717, 1.165) is 11.1 Å². The van der Waals surface area contributed by atoms with Crippen LogP contribution >= 0.6 is 12.2 Å². The van der Waals surface area contributed by atoms with E-state index >= 15 is 0 Å². The molecule has 0 fully saturated rings. The molecule has 2 rings (SSSR count). The van der Waals surface area contributed by atoms with Gasteiger partial charge in [0.1, 0.15) is 11.5 Å². The highest BCUT2D eigenvalue weighted by atomic mass is 32.1. The summed E-state index contributed by atoms with van der Waals surface area (Å²) in [6.07, 6.45) is 1.44. The number of nitro groups is 1. The van der Waals surface area contributed by atoms with Crippen LogP contribution in [0, 0.1) is 24.0 Å². The van der Waals surface area contributed by atoms with Crippen LogP contribution in [0.4, 0.5) is 5.69 Å². The average molecular weight is 318 g/mol. The summed E-state index contributed by atoms with van der Waals surface area (Å²) in [6, 6.07) is 6.65. The van der Waals surface area contributed by atoms with Crippen LogP contribution in [0.5, 0.6) is 0 Å². The van der Waals surface area contributed by atoms with E-state index in [1.807, 2.05) is 6.92 Å². The van der Waals surface area contributed by atoms with Gasteiger partial charge in [0.2, 0.25) is 0 Å². The second kappa shape index (κ2) is 6.35. The first-order chi connectivity index (χ1) is 10.4. The Morgan fingerprint density at radius 1 is 1.36 bits per heavy atom. The molecule has 7 nitrogen and oxygen atoms in total. The Hall–Kier alpha value is -2.74. The van der Waals surface area contributed by atoms with Gasteiger partial charge < -0.3 is 10.2 Å². The molecular formula is C14H14N4O3S. The predicted octanol–water partition coefficient (Wildman–Crippen LogP) is 2.64. The van der Waals surface area contributed by atoms with Gasteiger partial charge in [-0.3, -0.25) is 15.5 Å². The van der Waals surface area contributed by atoms with E-state index < -0.39 is 4.92 Å². The Labute approximate surface area is 132 Å². The Morgan fingerprint density at radius 3 is 2.73 bits per heavy atom. The van der Waals surface area contributed by atoms with Crippen LogP contribution in [0.3, 0.4) is 0 Å². The van der Waals surface area contributed by atoms with E-state index in [2.05, 4.69) is 22.7 Å². The molecule has 0 bridgehead atoms. The number of hydrazone groups is 1. The lowest BCUT2D eigenvalue weighted by Crippen LogP contribution is -2.23. The third-order valence-electron chi connectivity index (χ3n) is 3.21. The van der Waals surface area contributed by atoms with E-state index in [1.165, 1.54) is 12.3 Å². The summed E-state index contributed by atoms with van der Waals surface area (Å²) in [4.78, 5) is 10.5. The lowest BCUT2D eigenvalue weighted by Gasteiger charge is -2.06. The number of furan rings is 1.